The minimum atomic E-state index is -0.239. The van der Waals surface area contributed by atoms with Crippen LogP contribution in [0, 0.1) is 83.1 Å². The van der Waals surface area contributed by atoms with Crippen LogP contribution < -0.4 is 17.6 Å². The van der Waals surface area contributed by atoms with E-state index in [0.29, 0.717) is 0 Å². The summed E-state index contributed by atoms with van der Waals surface area (Å²) in [5.74, 6) is 0. The normalized spacial score (nSPS) is 10.3. The van der Waals surface area contributed by atoms with Gasteiger partial charge in [-0.15, -0.1) is 0 Å². The second-order valence-corrected chi connectivity index (χ2v) is 16.6. The van der Waals surface area contributed by atoms with E-state index in [1.165, 1.54) is 66.8 Å². The Kier molecular flexibility index (Phi) is 14.8. The fourth-order valence-corrected chi connectivity index (χ4v) is 11.3. The van der Waals surface area contributed by atoms with Gasteiger partial charge in [0.2, 0.25) is 0 Å². The van der Waals surface area contributed by atoms with Crippen molar-refractivity contribution in [1.82, 2.24) is 0 Å². The minimum absolute atomic E-state index is 0. The molecule has 0 unspecified atom stereocenters. The number of hydrogen-bond donors (Lipinski definition) is 0. The van der Waals surface area contributed by atoms with E-state index in [2.05, 4.69) is 132 Å². The molecule has 208 valence electrons. The molecule has 0 heterocycles. The Balaban J connectivity index is 0.000000381. The minimum Gasteiger partial charge on any atom is 0 e. The van der Waals surface area contributed by atoms with Gasteiger partial charge in [0.25, 0.3) is 0 Å². The molecule has 0 bridgehead atoms. The molecule has 8 radical (unpaired) electrons. The van der Waals surface area contributed by atoms with Crippen LogP contribution in [0.15, 0.2) is 48.5 Å². The summed E-state index contributed by atoms with van der Waals surface area (Å²) < 4.78 is 6.45. The Morgan fingerprint density at radius 2 is 0.400 bits per heavy atom. The molecule has 4 heteroatoms. The van der Waals surface area contributed by atoms with Crippen LogP contribution in [0.4, 0.5) is 0 Å². The van der Waals surface area contributed by atoms with Crippen molar-refractivity contribution in [1.29, 1.82) is 0 Å². The van der Waals surface area contributed by atoms with E-state index < -0.39 is 0 Å². The van der Waals surface area contributed by atoms with Crippen molar-refractivity contribution in [2.24, 2.45) is 0 Å². The molecule has 0 nitrogen and oxygen atoms in total. The van der Waals surface area contributed by atoms with Crippen LogP contribution in [-0.4, -0.2) is 65.0 Å². The summed E-state index contributed by atoms with van der Waals surface area (Å²) in [6.07, 6.45) is 0. The Morgan fingerprint density at radius 1 is 0.275 bits per heavy atom. The Hall–Kier alpha value is -0.995. The molecule has 40 heavy (non-hydrogen) atoms. The predicted octanol–water partition coefficient (Wildman–Crippen LogP) is 5.62. The zero-order valence-electron chi connectivity index (χ0n) is 26.4. The van der Waals surface area contributed by atoms with Crippen molar-refractivity contribution in [2.75, 3.05) is 0 Å². The van der Waals surface area contributed by atoms with E-state index in [1.54, 1.807) is 17.6 Å². The molecule has 0 N–H and O–H groups in total. The molecule has 0 aliphatic heterocycles. The van der Waals surface area contributed by atoms with Crippen LogP contribution in [-0.2, 0) is 0 Å². The summed E-state index contributed by atoms with van der Waals surface area (Å²) in [5, 5.41) is 0. The van der Waals surface area contributed by atoms with Crippen molar-refractivity contribution in [2.45, 2.75) is 83.1 Å². The first-order valence-electron chi connectivity index (χ1n) is 13.6. The van der Waals surface area contributed by atoms with Crippen LogP contribution in [0.1, 0.15) is 66.8 Å². The summed E-state index contributed by atoms with van der Waals surface area (Å²) in [7, 11) is 0. The Morgan fingerprint density at radius 3 is 0.525 bits per heavy atom. The summed E-state index contributed by atoms with van der Waals surface area (Å²) in [5.41, 5.74) is 17.3. The molecule has 0 spiro atoms. The summed E-state index contributed by atoms with van der Waals surface area (Å²) in [4.78, 5) is 0. The zero-order valence-corrected chi connectivity index (χ0v) is 34.1. The Bertz CT molecular complexity index is 1170. The third kappa shape index (κ3) is 9.51. The first-order chi connectivity index (χ1) is 17.8. The van der Waals surface area contributed by atoms with Crippen molar-refractivity contribution in [3.63, 3.8) is 0 Å². The van der Waals surface area contributed by atoms with Gasteiger partial charge in [-0.2, -0.15) is 0 Å². The number of hydrogen-bond acceptors (Lipinski definition) is 0. The van der Waals surface area contributed by atoms with Crippen molar-refractivity contribution in [3.8, 4) is 0 Å². The van der Waals surface area contributed by atoms with Gasteiger partial charge in [-0.1, -0.05) is 0 Å². The molecule has 4 aromatic rings. The molecule has 0 aromatic heterocycles. The first-order valence-corrected chi connectivity index (χ1v) is 17.8. The van der Waals surface area contributed by atoms with Gasteiger partial charge in [0.1, 0.15) is 0 Å². The standard InChI is InChI=1S/2C18H22Ge.2Se/c2*1-11-7-13(3)17(14(4)8-11)19-18-15(5)9-12(2)10-16(18)6;;/h2*7-10H,1-6H3;;. The molecule has 0 aliphatic rings. The SMILES string of the molecule is Cc1cc(C)[c]([Ge][c]2c(C)cc(C)cc2C)c(C)c1.Cc1cc(C)[c]([Ge][c]2c(C)cc(C)cc2C)c(C)c1.[Se].[Se]. The van der Waals surface area contributed by atoms with Gasteiger partial charge in [0.15, 0.2) is 0 Å². The molecule has 4 rings (SSSR count). The molecular formula is C36H44Ge2Se2. The second kappa shape index (κ2) is 16.0. The fraction of sp³-hybridized carbons (Fsp3) is 0.333. The molecule has 0 fully saturated rings. The summed E-state index contributed by atoms with van der Waals surface area (Å²) in [6.45, 7) is 26.8. The van der Waals surface area contributed by atoms with Crippen LogP contribution in [0.2, 0.25) is 0 Å². The van der Waals surface area contributed by atoms with Crippen molar-refractivity contribution >= 4 is 82.6 Å². The van der Waals surface area contributed by atoms with E-state index >= 15 is 0 Å². The molecule has 0 aliphatic carbocycles. The maximum Gasteiger partial charge on any atom is 0 e. The first kappa shape index (κ1) is 37.0. The number of rotatable bonds is 4. The molecule has 0 saturated heterocycles. The van der Waals surface area contributed by atoms with Crippen LogP contribution >= 0.6 is 0 Å². The average Bonchev–Trinajstić information content (AvgIpc) is 2.76. The van der Waals surface area contributed by atoms with E-state index in [1.807, 2.05) is 0 Å². The number of benzene rings is 4. The largest absolute Gasteiger partial charge is 0 e. The van der Waals surface area contributed by atoms with Gasteiger partial charge < -0.3 is 0 Å². The molecular weight excluding hydrogens is 736 g/mol. The summed E-state index contributed by atoms with van der Waals surface area (Å²) in [6, 6.07) is 18.6. The maximum atomic E-state index is 2.32. The predicted molar refractivity (Wildman–Crippen MR) is 184 cm³/mol. The molecule has 0 amide bonds. The van der Waals surface area contributed by atoms with Crippen LogP contribution in [0.3, 0.4) is 0 Å². The van der Waals surface area contributed by atoms with Gasteiger partial charge in [-0.05, 0) is 0 Å². The van der Waals surface area contributed by atoms with Crippen LogP contribution in [0.25, 0.3) is 0 Å². The monoisotopic (exact) mass is 784 g/mol. The third-order valence-electron chi connectivity index (χ3n) is 7.21. The topological polar surface area (TPSA) is 0 Å². The molecule has 0 saturated carbocycles. The van der Waals surface area contributed by atoms with Crippen LogP contribution in [0.5, 0.6) is 0 Å². The van der Waals surface area contributed by atoms with E-state index in [0.717, 1.165) is 0 Å². The Labute approximate surface area is 278 Å². The quantitative estimate of drug-likeness (QED) is 0.236. The second-order valence-electron chi connectivity index (χ2n) is 11.3. The maximum absolute atomic E-state index is 2.32. The van der Waals surface area contributed by atoms with Gasteiger partial charge in [-0.25, -0.2) is 0 Å². The third-order valence-corrected chi connectivity index (χ3v) is 15.9. The van der Waals surface area contributed by atoms with Crippen molar-refractivity contribution < 1.29 is 0 Å². The van der Waals surface area contributed by atoms with E-state index in [-0.39, 0.29) is 65.0 Å². The molecule has 0 atom stereocenters. The fourth-order valence-electron chi connectivity index (χ4n) is 5.76. The van der Waals surface area contributed by atoms with Crippen molar-refractivity contribution in [3.05, 3.63) is 115 Å². The van der Waals surface area contributed by atoms with Gasteiger partial charge in [-0.3, -0.25) is 0 Å². The van der Waals surface area contributed by atoms with Gasteiger partial charge >= 0.3 is 247 Å². The molecule has 4 aromatic carbocycles. The smallest absolute Gasteiger partial charge is 0 e. The summed E-state index contributed by atoms with van der Waals surface area (Å²) >= 11 is -0.477. The zero-order chi connectivity index (χ0) is 28.3. The van der Waals surface area contributed by atoms with Gasteiger partial charge in [0.05, 0.1) is 0 Å². The van der Waals surface area contributed by atoms with Gasteiger partial charge in [0, 0.05) is 34.1 Å². The van der Waals surface area contributed by atoms with E-state index in [9.17, 15) is 0 Å². The number of aryl methyl sites for hydroxylation is 12. The van der Waals surface area contributed by atoms with E-state index in [4.69, 9.17) is 0 Å². The average molecular weight is 780 g/mol.